The second kappa shape index (κ2) is 11.1. The normalized spacial score (nSPS) is 14.4. The molecule has 0 radical (unpaired) electrons. The van der Waals surface area contributed by atoms with Crippen LogP contribution in [-0.2, 0) is 11.2 Å². The molecule has 0 unspecified atom stereocenters. The average Bonchev–Trinajstić information content (AvgIpc) is 3.08. The summed E-state index contributed by atoms with van der Waals surface area (Å²) in [6, 6.07) is 5.73. The van der Waals surface area contributed by atoms with Crippen LogP contribution >= 0.6 is 48.0 Å². The Morgan fingerprint density at radius 3 is 2.63 bits per heavy atom. The Hall–Kier alpha value is -0.980. The molecule has 2 heterocycles. The number of piperidine rings is 1. The Labute approximate surface area is 181 Å². The van der Waals surface area contributed by atoms with Gasteiger partial charge in [-0.05, 0) is 38.1 Å². The van der Waals surface area contributed by atoms with Crippen LogP contribution in [0.15, 0.2) is 28.8 Å². The Bertz CT molecular complexity index is 746. The monoisotopic (exact) mass is 453 g/mol. The minimum absolute atomic E-state index is 0. The molecule has 0 saturated carbocycles. The van der Waals surface area contributed by atoms with E-state index in [0.717, 1.165) is 31.5 Å². The molecule has 1 aromatic carbocycles. The van der Waals surface area contributed by atoms with Crippen LogP contribution in [0.2, 0.25) is 10.0 Å². The fraction of sp³-hybridized carbons (Fsp3) is 0.444. The molecule has 1 fully saturated rings. The van der Waals surface area contributed by atoms with Crippen LogP contribution in [0.25, 0.3) is 11.3 Å². The van der Waals surface area contributed by atoms with E-state index in [0.29, 0.717) is 40.6 Å². The molecule has 3 rings (SSSR count). The Morgan fingerprint density at radius 2 is 2.00 bits per heavy atom. The number of hydrogen-bond donors (Lipinski definition) is 1. The standard InChI is InChI=1S/C18H21Cl2N3O2.2ClH/c1-21-13-6-8-23(9-7-13)18(24)5-4-17-22-11-16(25-17)14-3-2-12(19)10-15(14)20;;/h2-3,10-11,13,21H,4-9H2,1H3;2*1H. The second-order valence-electron chi connectivity index (χ2n) is 6.19. The van der Waals surface area contributed by atoms with Crippen molar-refractivity contribution in [1.82, 2.24) is 15.2 Å². The average molecular weight is 455 g/mol. The summed E-state index contributed by atoms with van der Waals surface area (Å²) < 4.78 is 5.74. The van der Waals surface area contributed by atoms with E-state index < -0.39 is 0 Å². The molecule has 1 aliphatic rings. The molecule has 1 saturated heterocycles. The molecule has 0 spiro atoms. The first-order valence-corrected chi connectivity index (χ1v) is 9.17. The highest BCUT2D eigenvalue weighted by Gasteiger charge is 2.22. The molecular formula is C18H23Cl4N3O2. The number of nitrogens with zero attached hydrogens (tertiary/aromatic N) is 2. The topological polar surface area (TPSA) is 58.4 Å². The fourth-order valence-electron chi connectivity index (χ4n) is 3.03. The second-order valence-corrected chi connectivity index (χ2v) is 7.03. The number of benzene rings is 1. The summed E-state index contributed by atoms with van der Waals surface area (Å²) in [5.74, 6) is 1.28. The number of oxazole rings is 1. The van der Waals surface area contributed by atoms with Crippen LogP contribution < -0.4 is 5.32 Å². The highest BCUT2D eigenvalue weighted by molar-refractivity contribution is 6.36. The molecule has 5 nitrogen and oxygen atoms in total. The van der Waals surface area contributed by atoms with Crippen molar-refractivity contribution in [2.45, 2.75) is 31.7 Å². The predicted molar refractivity (Wildman–Crippen MR) is 113 cm³/mol. The van der Waals surface area contributed by atoms with Gasteiger partial charge in [0.15, 0.2) is 11.7 Å². The van der Waals surface area contributed by atoms with E-state index in [9.17, 15) is 4.79 Å². The molecule has 9 heteroatoms. The summed E-state index contributed by atoms with van der Waals surface area (Å²) in [5.41, 5.74) is 0.741. The van der Waals surface area contributed by atoms with Crippen molar-refractivity contribution in [1.29, 1.82) is 0 Å². The molecule has 1 N–H and O–H groups in total. The van der Waals surface area contributed by atoms with Crippen molar-refractivity contribution in [3.8, 4) is 11.3 Å². The number of halogens is 4. The number of likely N-dealkylation sites (tertiary alicyclic amines) is 1. The quantitative estimate of drug-likeness (QED) is 0.715. The van der Waals surface area contributed by atoms with Gasteiger partial charge in [0.05, 0.1) is 11.2 Å². The van der Waals surface area contributed by atoms with Gasteiger partial charge in [-0.1, -0.05) is 23.2 Å². The number of rotatable bonds is 5. The van der Waals surface area contributed by atoms with Crippen LogP contribution in [0.1, 0.15) is 25.2 Å². The lowest BCUT2D eigenvalue weighted by Crippen LogP contribution is -2.44. The van der Waals surface area contributed by atoms with Crippen molar-refractivity contribution < 1.29 is 9.21 Å². The molecule has 1 amide bonds. The van der Waals surface area contributed by atoms with Crippen LogP contribution in [0.5, 0.6) is 0 Å². The van der Waals surface area contributed by atoms with E-state index in [4.69, 9.17) is 27.6 Å². The van der Waals surface area contributed by atoms with E-state index >= 15 is 0 Å². The lowest BCUT2D eigenvalue weighted by molar-refractivity contribution is -0.132. The van der Waals surface area contributed by atoms with Gasteiger partial charge in [0.2, 0.25) is 5.91 Å². The van der Waals surface area contributed by atoms with Crippen molar-refractivity contribution in [3.05, 3.63) is 40.3 Å². The molecule has 1 aliphatic heterocycles. The molecule has 1 aromatic heterocycles. The van der Waals surface area contributed by atoms with Crippen molar-refractivity contribution in [2.75, 3.05) is 20.1 Å². The summed E-state index contributed by atoms with van der Waals surface area (Å²) in [6.07, 6.45) is 4.52. The number of carbonyl (C=O) groups is 1. The van der Waals surface area contributed by atoms with Crippen LogP contribution in [0.4, 0.5) is 0 Å². The molecule has 27 heavy (non-hydrogen) atoms. The number of nitrogens with one attached hydrogen (secondary N) is 1. The highest BCUT2D eigenvalue weighted by atomic mass is 35.5. The first kappa shape index (κ1) is 24.1. The number of aryl methyl sites for hydroxylation is 1. The van der Waals surface area contributed by atoms with Crippen molar-refractivity contribution in [2.24, 2.45) is 0 Å². The van der Waals surface area contributed by atoms with Gasteiger partial charge in [0.1, 0.15) is 0 Å². The van der Waals surface area contributed by atoms with E-state index in [1.807, 2.05) is 11.9 Å². The van der Waals surface area contributed by atoms with Gasteiger partial charge in [-0.25, -0.2) is 4.98 Å². The summed E-state index contributed by atoms with van der Waals surface area (Å²) >= 11 is 12.1. The molecule has 2 aromatic rings. The maximum Gasteiger partial charge on any atom is 0.223 e. The zero-order chi connectivity index (χ0) is 17.8. The first-order valence-electron chi connectivity index (χ1n) is 8.42. The van der Waals surface area contributed by atoms with Crippen LogP contribution in [-0.4, -0.2) is 42.0 Å². The van der Waals surface area contributed by atoms with Gasteiger partial charge in [-0.15, -0.1) is 24.8 Å². The van der Waals surface area contributed by atoms with Crippen LogP contribution in [0.3, 0.4) is 0 Å². The highest BCUT2D eigenvalue weighted by Crippen LogP contribution is 2.30. The molecular weight excluding hydrogens is 432 g/mol. The number of hydrogen-bond acceptors (Lipinski definition) is 4. The van der Waals surface area contributed by atoms with Gasteiger partial charge in [-0.2, -0.15) is 0 Å². The third kappa shape index (κ3) is 6.26. The Kier molecular flexibility index (Phi) is 9.91. The van der Waals surface area contributed by atoms with E-state index in [2.05, 4.69) is 10.3 Å². The number of amides is 1. The summed E-state index contributed by atoms with van der Waals surface area (Å²) in [7, 11) is 1.97. The minimum atomic E-state index is 0. The van der Waals surface area contributed by atoms with E-state index in [1.165, 1.54) is 0 Å². The van der Waals surface area contributed by atoms with Gasteiger partial charge in [-0.3, -0.25) is 4.79 Å². The van der Waals surface area contributed by atoms with Crippen LogP contribution in [0, 0.1) is 0 Å². The third-order valence-corrected chi connectivity index (χ3v) is 5.11. The zero-order valence-electron chi connectivity index (χ0n) is 14.9. The largest absolute Gasteiger partial charge is 0.441 e. The number of aromatic nitrogens is 1. The minimum Gasteiger partial charge on any atom is -0.441 e. The first-order chi connectivity index (χ1) is 12.1. The van der Waals surface area contributed by atoms with Crippen molar-refractivity contribution >= 4 is 53.9 Å². The predicted octanol–water partition coefficient (Wildman–Crippen LogP) is 4.64. The maximum atomic E-state index is 12.3. The zero-order valence-corrected chi connectivity index (χ0v) is 18.1. The maximum absolute atomic E-state index is 12.3. The molecule has 0 bridgehead atoms. The number of carbonyl (C=O) groups excluding carboxylic acids is 1. The summed E-state index contributed by atoms with van der Waals surface area (Å²) in [4.78, 5) is 18.5. The van der Waals surface area contributed by atoms with E-state index in [1.54, 1.807) is 24.4 Å². The molecule has 150 valence electrons. The van der Waals surface area contributed by atoms with Gasteiger partial charge < -0.3 is 14.6 Å². The Balaban J connectivity index is 0.00000182. The fourth-order valence-corrected chi connectivity index (χ4v) is 3.53. The summed E-state index contributed by atoms with van der Waals surface area (Å²) in [6.45, 7) is 1.61. The van der Waals surface area contributed by atoms with E-state index in [-0.39, 0.29) is 30.7 Å². The lowest BCUT2D eigenvalue weighted by atomic mass is 10.0. The Morgan fingerprint density at radius 1 is 1.30 bits per heavy atom. The molecule has 0 aliphatic carbocycles. The SMILES string of the molecule is CNC1CCN(C(=O)CCc2ncc(-c3ccc(Cl)cc3Cl)o2)CC1.Cl.Cl. The van der Waals surface area contributed by atoms with Crippen molar-refractivity contribution in [3.63, 3.8) is 0 Å². The third-order valence-electron chi connectivity index (χ3n) is 4.56. The summed E-state index contributed by atoms with van der Waals surface area (Å²) in [5, 5.41) is 4.35. The molecule has 0 atom stereocenters. The lowest BCUT2D eigenvalue weighted by Gasteiger charge is -2.31. The van der Waals surface area contributed by atoms with Gasteiger partial charge in [0.25, 0.3) is 0 Å². The van der Waals surface area contributed by atoms with Gasteiger partial charge in [0, 0.05) is 42.6 Å². The van der Waals surface area contributed by atoms with Gasteiger partial charge >= 0.3 is 0 Å². The smallest absolute Gasteiger partial charge is 0.223 e.